The van der Waals surface area contributed by atoms with Crippen LogP contribution >= 0.6 is 0 Å². The van der Waals surface area contributed by atoms with E-state index in [-0.39, 0.29) is 0 Å². The van der Waals surface area contributed by atoms with Gasteiger partial charge in [-0.3, -0.25) is 0 Å². The second-order valence-corrected chi connectivity index (χ2v) is 5.70. The second kappa shape index (κ2) is 5.68. The van der Waals surface area contributed by atoms with E-state index in [1.54, 1.807) is 0 Å². The number of nitrogens with one attached hydrogen (secondary N) is 1. The van der Waals surface area contributed by atoms with Crippen LogP contribution in [0.15, 0.2) is 30.3 Å². The molecule has 1 aliphatic carbocycles. The van der Waals surface area contributed by atoms with Crippen LogP contribution in [0.3, 0.4) is 0 Å². The minimum absolute atomic E-state index is 0.691. The summed E-state index contributed by atoms with van der Waals surface area (Å²) in [4.78, 5) is 0. The first-order chi connectivity index (χ1) is 8.20. The molecule has 0 radical (unpaired) electrons. The van der Waals surface area contributed by atoms with Crippen LogP contribution in [0.2, 0.25) is 0 Å². The second-order valence-electron chi connectivity index (χ2n) is 5.70. The van der Waals surface area contributed by atoms with Crippen LogP contribution in [0.4, 0.5) is 0 Å². The van der Waals surface area contributed by atoms with Gasteiger partial charge in [0.25, 0.3) is 0 Å². The highest BCUT2D eigenvalue weighted by Crippen LogP contribution is 2.37. The third-order valence-electron chi connectivity index (χ3n) is 4.10. The van der Waals surface area contributed by atoms with Gasteiger partial charge in [0.15, 0.2) is 0 Å². The van der Waals surface area contributed by atoms with Crippen molar-refractivity contribution in [2.45, 2.75) is 58.0 Å². The monoisotopic (exact) mass is 231 g/mol. The molecule has 1 saturated carbocycles. The lowest BCUT2D eigenvalue weighted by molar-refractivity contribution is 0.237. The van der Waals surface area contributed by atoms with Crippen LogP contribution in [0.5, 0.6) is 0 Å². The molecular formula is C16H25N. The van der Waals surface area contributed by atoms with Gasteiger partial charge in [-0.15, -0.1) is 0 Å². The summed E-state index contributed by atoms with van der Waals surface area (Å²) >= 11 is 0. The van der Waals surface area contributed by atoms with Gasteiger partial charge in [0.05, 0.1) is 0 Å². The molecule has 1 nitrogen and oxygen atoms in total. The van der Waals surface area contributed by atoms with Gasteiger partial charge in [0.1, 0.15) is 0 Å². The van der Waals surface area contributed by atoms with E-state index in [0.717, 1.165) is 17.9 Å². The Kier molecular flexibility index (Phi) is 4.22. The Hall–Kier alpha value is -0.820. The van der Waals surface area contributed by atoms with Gasteiger partial charge in [0.2, 0.25) is 0 Å². The van der Waals surface area contributed by atoms with Gasteiger partial charge in [-0.05, 0) is 36.7 Å². The summed E-state index contributed by atoms with van der Waals surface area (Å²) < 4.78 is 0. The number of benzene rings is 1. The summed E-state index contributed by atoms with van der Waals surface area (Å²) in [5.74, 6) is 1.54. The van der Waals surface area contributed by atoms with E-state index in [9.17, 15) is 0 Å². The molecule has 0 aromatic heterocycles. The fourth-order valence-corrected chi connectivity index (χ4v) is 2.84. The Bertz CT molecular complexity index is 325. The van der Waals surface area contributed by atoms with Crippen LogP contribution in [0, 0.1) is 5.92 Å². The fourth-order valence-electron chi connectivity index (χ4n) is 2.84. The zero-order valence-corrected chi connectivity index (χ0v) is 11.3. The van der Waals surface area contributed by atoms with Crippen molar-refractivity contribution in [3.05, 3.63) is 35.9 Å². The zero-order valence-electron chi connectivity index (χ0n) is 11.3. The van der Waals surface area contributed by atoms with Crippen LogP contribution < -0.4 is 5.32 Å². The van der Waals surface area contributed by atoms with Gasteiger partial charge in [-0.1, -0.05) is 51.1 Å². The van der Waals surface area contributed by atoms with Crippen LogP contribution in [-0.2, 0) is 0 Å². The van der Waals surface area contributed by atoms with Crippen molar-refractivity contribution in [2.75, 3.05) is 0 Å². The predicted octanol–water partition coefficient (Wildman–Crippen LogP) is 3.96. The molecule has 1 heteroatoms. The molecule has 1 aromatic rings. The summed E-state index contributed by atoms with van der Waals surface area (Å²) in [6, 6.07) is 12.4. The molecule has 94 valence electrons. The van der Waals surface area contributed by atoms with Crippen molar-refractivity contribution in [1.29, 1.82) is 0 Å². The highest BCUT2D eigenvalue weighted by molar-refractivity contribution is 5.22. The topological polar surface area (TPSA) is 12.0 Å². The van der Waals surface area contributed by atoms with Gasteiger partial charge in [-0.2, -0.15) is 0 Å². The van der Waals surface area contributed by atoms with Crippen molar-refractivity contribution in [1.82, 2.24) is 5.32 Å². The van der Waals surface area contributed by atoms with Gasteiger partial charge < -0.3 is 5.32 Å². The summed E-state index contributed by atoms with van der Waals surface area (Å²) in [7, 11) is 0. The van der Waals surface area contributed by atoms with Crippen molar-refractivity contribution in [3.63, 3.8) is 0 Å². The molecule has 0 heterocycles. The Morgan fingerprint density at radius 2 is 1.82 bits per heavy atom. The molecule has 0 saturated heterocycles. The third-order valence-corrected chi connectivity index (χ3v) is 4.10. The molecule has 1 unspecified atom stereocenters. The Morgan fingerprint density at radius 3 is 2.35 bits per heavy atom. The standard InChI is InChI=1S/C16H25N/c1-4-16(12(2)3)17-15-10-14(11-15)13-8-6-5-7-9-13/h5-9,12,14-17H,4,10-11H2,1-3H3. The Labute approximate surface area is 106 Å². The van der Waals surface area contributed by atoms with Gasteiger partial charge >= 0.3 is 0 Å². The maximum Gasteiger partial charge on any atom is 0.00900 e. The molecule has 1 fully saturated rings. The number of hydrogen-bond acceptors (Lipinski definition) is 1. The van der Waals surface area contributed by atoms with Gasteiger partial charge in [0, 0.05) is 12.1 Å². The SMILES string of the molecule is CCC(NC1CC(c2ccccc2)C1)C(C)C. The van der Waals surface area contributed by atoms with Crippen molar-refractivity contribution < 1.29 is 0 Å². The molecule has 0 spiro atoms. The van der Waals surface area contributed by atoms with Crippen LogP contribution in [0.1, 0.15) is 51.5 Å². The number of hydrogen-bond donors (Lipinski definition) is 1. The largest absolute Gasteiger partial charge is 0.311 e. The minimum atomic E-state index is 0.691. The molecule has 2 rings (SSSR count). The predicted molar refractivity (Wildman–Crippen MR) is 74.3 cm³/mol. The maximum absolute atomic E-state index is 3.80. The molecular weight excluding hydrogens is 206 g/mol. The third kappa shape index (κ3) is 3.10. The molecule has 0 bridgehead atoms. The van der Waals surface area contributed by atoms with Crippen LogP contribution in [0.25, 0.3) is 0 Å². The molecule has 1 aliphatic rings. The lowest BCUT2D eigenvalue weighted by atomic mass is 9.75. The number of rotatable bonds is 5. The van der Waals surface area contributed by atoms with E-state index < -0.39 is 0 Å². The first kappa shape index (κ1) is 12.6. The molecule has 1 N–H and O–H groups in total. The summed E-state index contributed by atoms with van der Waals surface area (Å²) in [5, 5.41) is 3.80. The van der Waals surface area contributed by atoms with E-state index in [1.807, 2.05) is 0 Å². The van der Waals surface area contributed by atoms with E-state index in [1.165, 1.54) is 24.8 Å². The smallest absolute Gasteiger partial charge is 0.00900 e. The highest BCUT2D eigenvalue weighted by Gasteiger charge is 2.31. The molecule has 1 atom stereocenters. The maximum atomic E-state index is 3.80. The van der Waals surface area contributed by atoms with Crippen molar-refractivity contribution >= 4 is 0 Å². The lowest BCUT2D eigenvalue weighted by Crippen LogP contribution is -2.47. The highest BCUT2D eigenvalue weighted by atomic mass is 15.0. The summed E-state index contributed by atoms with van der Waals surface area (Å²) in [6.45, 7) is 6.91. The Morgan fingerprint density at radius 1 is 1.18 bits per heavy atom. The quantitative estimate of drug-likeness (QED) is 0.809. The van der Waals surface area contributed by atoms with E-state index in [4.69, 9.17) is 0 Å². The Balaban J connectivity index is 1.79. The normalized spacial score (nSPS) is 25.6. The average molecular weight is 231 g/mol. The van der Waals surface area contributed by atoms with Crippen molar-refractivity contribution in [3.8, 4) is 0 Å². The fraction of sp³-hybridized carbons (Fsp3) is 0.625. The first-order valence-electron chi connectivity index (χ1n) is 7.01. The zero-order chi connectivity index (χ0) is 12.3. The lowest BCUT2D eigenvalue weighted by Gasteiger charge is -2.39. The van der Waals surface area contributed by atoms with E-state index in [2.05, 4.69) is 56.4 Å². The van der Waals surface area contributed by atoms with E-state index >= 15 is 0 Å². The minimum Gasteiger partial charge on any atom is -0.311 e. The molecule has 1 aromatic carbocycles. The molecule has 0 aliphatic heterocycles. The van der Waals surface area contributed by atoms with Crippen LogP contribution in [-0.4, -0.2) is 12.1 Å². The van der Waals surface area contributed by atoms with E-state index in [0.29, 0.717) is 6.04 Å². The summed E-state index contributed by atoms with van der Waals surface area (Å²) in [6.07, 6.45) is 3.87. The molecule has 17 heavy (non-hydrogen) atoms. The average Bonchev–Trinajstić information content (AvgIpc) is 2.28. The van der Waals surface area contributed by atoms with Gasteiger partial charge in [-0.25, -0.2) is 0 Å². The first-order valence-corrected chi connectivity index (χ1v) is 7.01. The molecule has 0 amide bonds. The van der Waals surface area contributed by atoms with Crippen molar-refractivity contribution in [2.24, 2.45) is 5.92 Å². The summed E-state index contributed by atoms with van der Waals surface area (Å²) in [5.41, 5.74) is 1.52.